The standard InChI is InChI=1S/C14H24N4OS/c1-15-8-14-16-12(11-20-14)9-17-3-2-13(10-17)18-4-6-19-7-5-18/h11,13,15H,2-10H2,1H3. The number of nitrogens with one attached hydrogen (secondary N) is 1. The van der Waals surface area contributed by atoms with Crippen LogP contribution < -0.4 is 5.32 Å². The van der Waals surface area contributed by atoms with E-state index >= 15 is 0 Å². The molecule has 2 fully saturated rings. The summed E-state index contributed by atoms with van der Waals surface area (Å²) in [5, 5.41) is 6.55. The lowest BCUT2D eigenvalue weighted by atomic mass is 10.2. The third-order valence-corrected chi connectivity index (χ3v) is 5.02. The van der Waals surface area contributed by atoms with Crippen LogP contribution in [-0.2, 0) is 17.8 Å². The van der Waals surface area contributed by atoms with E-state index in [1.807, 2.05) is 7.05 Å². The Morgan fingerprint density at radius 2 is 2.25 bits per heavy atom. The van der Waals surface area contributed by atoms with Gasteiger partial charge in [-0.1, -0.05) is 0 Å². The van der Waals surface area contributed by atoms with Gasteiger partial charge >= 0.3 is 0 Å². The van der Waals surface area contributed by atoms with Crippen molar-refractivity contribution in [2.75, 3.05) is 46.4 Å². The molecule has 1 N–H and O–H groups in total. The van der Waals surface area contributed by atoms with Crippen LogP contribution in [0.1, 0.15) is 17.1 Å². The molecule has 1 aromatic heterocycles. The zero-order valence-electron chi connectivity index (χ0n) is 12.2. The summed E-state index contributed by atoms with van der Waals surface area (Å²) < 4.78 is 5.44. The van der Waals surface area contributed by atoms with Gasteiger partial charge in [0.1, 0.15) is 5.01 Å². The highest BCUT2D eigenvalue weighted by Gasteiger charge is 2.28. The number of rotatable bonds is 5. The summed E-state index contributed by atoms with van der Waals surface area (Å²) in [7, 11) is 1.97. The second-order valence-electron chi connectivity index (χ2n) is 5.59. The maximum absolute atomic E-state index is 5.44. The van der Waals surface area contributed by atoms with Crippen LogP contribution >= 0.6 is 11.3 Å². The smallest absolute Gasteiger partial charge is 0.107 e. The maximum Gasteiger partial charge on any atom is 0.107 e. The summed E-state index contributed by atoms with van der Waals surface area (Å²) in [6, 6.07) is 0.717. The molecule has 112 valence electrons. The predicted octanol–water partition coefficient (Wildman–Crippen LogP) is 0.769. The second-order valence-corrected chi connectivity index (χ2v) is 6.53. The van der Waals surface area contributed by atoms with Gasteiger partial charge in [0.15, 0.2) is 0 Å². The van der Waals surface area contributed by atoms with Crippen LogP contribution in [-0.4, -0.2) is 67.3 Å². The maximum atomic E-state index is 5.44. The topological polar surface area (TPSA) is 40.6 Å². The summed E-state index contributed by atoms with van der Waals surface area (Å²) in [6.07, 6.45) is 1.29. The van der Waals surface area contributed by atoms with Crippen molar-refractivity contribution in [2.24, 2.45) is 0 Å². The Labute approximate surface area is 124 Å². The molecule has 5 nitrogen and oxygen atoms in total. The molecule has 0 bridgehead atoms. The fraction of sp³-hybridized carbons (Fsp3) is 0.786. The number of morpholine rings is 1. The van der Waals surface area contributed by atoms with E-state index in [2.05, 4.69) is 25.5 Å². The van der Waals surface area contributed by atoms with Gasteiger partial charge in [0.05, 0.1) is 18.9 Å². The molecule has 6 heteroatoms. The van der Waals surface area contributed by atoms with Gasteiger partial charge in [0, 0.05) is 50.7 Å². The van der Waals surface area contributed by atoms with E-state index in [-0.39, 0.29) is 0 Å². The largest absolute Gasteiger partial charge is 0.379 e. The van der Waals surface area contributed by atoms with Gasteiger partial charge in [0.2, 0.25) is 0 Å². The molecule has 0 amide bonds. The molecular weight excluding hydrogens is 272 g/mol. The van der Waals surface area contributed by atoms with Crippen molar-refractivity contribution in [3.63, 3.8) is 0 Å². The van der Waals surface area contributed by atoms with Crippen molar-refractivity contribution in [3.05, 3.63) is 16.1 Å². The van der Waals surface area contributed by atoms with Crippen molar-refractivity contribution >= 4 is 11.3 Å². The molecule has 2 aliphatic heterocycles. The highest BCUT2D eigenvalue weighted by molar-refractivity contribution is 7.09. The number of likely N-dealkylation sites (tertiary alicyclic amines) is 1. The lowest BCUT2D eigenvalue weighted by Crippen LogP contribution is -2.44. The van der Waals surface area contributed by atoms with Gasteiger partial charge in [-0.15, -0.1) is 11.3 Å². The van der Waals surface area contributed by atoms with Gasteiger partial charge in [-0.05, 0) is 13.5 Å². The minimum atomic E-state index is 0.717. The molecular formula is C14H24N4OS. The first kappa shape index (κ1) is 14.4. The SMILES string of the molecule is CNCc1nc(CN2CCC(N3CCOCC3)C2)cs1. The summed E-state index contributed by atoms with van der Waals surface area (Å²) in [5.74, 6) is 0. The lowest BCUT2D eigenvalue weighted by Gasteiger charge is -2.32. The number of nitrogens with zero attached hydrogens (tertiary/aromatic N) is 3. The van der Waals surface area contributed by atoms with E-state index in [1.54, 1.807) is 11.3 Å². The highest BCUT2D eigenvalue weighted by Crippen LogP contribution is 2.20. The third-order valence-electron chi connectivity index (χ3n) is 4.12. The van der Waals surface area contributed by atoms with E-state index in [0.29, 0.717) is 6.04 Å². The van der Waals surface area contributed by atoms with Gasteiger partial charge < -0.3 is 10.1 Å². The second kappa shape index (κ2) is 6.95. The molecule has 3 rings (SSSR count). The van der Waals surface area contributed by atoms with E-state index in [1.165, 1.54) is 30.2 Å². The van der Waals surface area contributed by atoms with E-state index in [0.717, 1.165) is 39.4 Å². The molecule has 20 heavy (non-hydrogen) atoms. The number of aromatic nitrogens is 1. The molecule has 0 saturated carbocycles. The Morgan fingerprint density at radius 3 is 3.05 bits per heavy atom. The first-order valence-electron chi connectivity index (χ1n) is 7.47. The molecule has 2 saturated heterocycles. The Hall–Kier alpha value is -0.530. The molecule has 0 aliphatic carbocycles. The van der Waals surface area contributed by atoms with E-state index in [4.69, 9.17) is 4.74 Å². The van der Waals surface area contributed by atoms with Gasteiger partial charge in [0.25, 0.3) is 0 Å². The fourth-order valence-electron chi connectivity index (χ4n) is 3.08. The minimum Gasteiger partial charge on any atom is -0.379 e. The molecule has 1 atom stereocenters. The van der Waals surface area contributed by atoms with Crippen LogP contribution in [0.25, 0.3) is 0 Å². The first-order valence-corrected chi connectivity index (χ1v) is 8.35. The summed E-state index contributed by atoms with van der Waals surface area (Å²) in [4.78, 5) is 9.82. The van der Waals surface area contributed by atoms with E-state index in [9.17, 15) is 0 Å². The van der Waals surface area contributed by atoms with Crippen molar-refractivity contribution in [1.29, 1.82) is 0 Å². The summed E-state index contributed by atoms with van der Waals surface area (Å²) in [5.41, 5.74) is 1.22. The monoisotopic (exact) mass is 296 g/mol. The van der Waals surface area contributed by atoms with Crippen LogP contribution in [0.3, 0.4) is 0 Å². The van der Waals surface area contributed by atoms with Crippen LogP contribution in [0.2, 0.25) is 0 Å². The lowest BCUT2D eigenvalue weighted by molar-refractivity contribution is 0.0183. The Morgan fingerprint density at radius 1 is 1.40 bits per heavy atom. The van der Waals surface area contributed by atoms with Crippen molar-refractivity contribution in [1.82, 2.24) is 20.1 Å². The number of thiazole rings is 1. The van der Waals surface area contributed by atoms with Gasteiger partial charge in [-0.25, -0.2) is 4.98 Å². The van der Waals surface area contributed by atoms with Crippen LogP contribution in [0.5, 0.6) is 0 Å². The van der Waals surface area contributed by atoms with Gasteiger partial charge in [-0.3, -0.25) is 9.80 Å². The van der Waals surface area contributed by atoms with E-state index < -0.39 is 0 Å². The first-order chi connectivity index (χ1) is 9.85. The molecule has 0 spiro atoms. The normalized spacial score (nSPS) is 25.4. The molecule has 1 aromatic rings. The Bertz CT molecular complexity index is 419. The number of hydrogen-bond donors (Lipinski definition) is 1. The minimum absolute atomic E-state index is 0.717. The van der Waals surface area contributed by atoms with Crippen LogP contribution in [0, 0.1) is 0 Å². The molecule has 0 radical (unpaired) electrons. The van der Waals surface area contributed by atoms with Crippen molar-refractivity contribution < 1.29 is 4.74 Å². The molecule has 2 aliphatic rings. The summed E-state index contributed by atoms with van der Waals surface area (Å²) >= 11 is 1.76. The number of hydrogen-bond acceptors (Lipinski definition) is 6. The zero-order valence-corrected chi connectivity index (χ0v) is 13.0. The van der Waals surface area contributed by atoms with Crippen LogP contribution in [0.15, 0.2) is 5.38 Å². The average molecular weight is 296 g/mol. The number of ether oxygens (including phenoxy) is 1. The predicted molar refractivity (Wildman–Crippen MR) is 81.0 cm³/mol. The third kappa shape index (κ3) is 3.56. The quantitative estimate of drug-likeness (QED) is 0.869. The average Bonchev–Trinajstić information content (AvgIpc) is 3.11. The van der Waals surface area contributed by atoms with Crippen molar-refractivity contribution in [2.45, 2.75) is 25.6 Å². The van der Waals surface area contributed by atoms with Crippen molar-refractivity contribution in [3.8, 4) is 0 Å². The molecule has 1 unspecified atom stereocenters. The van der Waals surface area contributed by atoms with Crippen LogP contribution in [0.4, 0.5) is 0 Å². The zero-order chi connectivity index (χ0) is 13.8. The summed E-state index contributed by atoms with van der Waals surface area (Å²) in [6.45, 7) is 8.25. The Balaban J connectivity index is 1.49. The molecule has 3 heterocycles. The fourth-order valence-corrected chi connectivity index (χ4v) is 3.88. The highest BCUT2D eigenvalue weighted by atomic mass is 32.1. The molecule has 0 aromatic carbocycles. The Kier molecular flexibility index (Phi) is 5.01. The van der Waals surface area contributed by atoms with Gasteiger partial charge in [-0.2, -0.15) is 0 Å².